The molecule has 3 unspecified atom stereocenters. The molecule has 5 rings (SSSR count). The summed E-state index contributed by atoms with van der Waals surface area (Å²) in [4.78, 5) is 28.3. The van der Waals surface area contributed by atoms with Gasteiger partial charge in [0.2, 0.25) is 5.91 Å². The molecule has 7 heteroatoms. The number of alkyl carbamates (subject to hydrolysis) is 1. The van der Waals surface area contributed by atoms with Gasteiger partial charge in [-0.3, -0.25) is 4.79 Å². The zero-order chi connectivity index (χ0) is 21.9. The van der Waals surface area contributed by atoms with Crippen molar-refractivity contribution in [1.82, 2.24) is 10.2 Å². The first-order valence-electron chi connectivity index (χ1n) is 11.4. The highest BCUT2D eigenvalue weighted by molar-refractivity contribution is 5.87. The Kier molecular flexibility index (Phi) is 5.08. The predicted molar refractivity (Wildman–Crippen MR) is 110 cm³/mol. The van der Waals surface area contributed by atoms with Crippen molar-refractivity contribution in [3.8, 4) is 6.07 Å². The largest absolute Gasteiger partial charge is 0.444 e. The number of amides is 2. The lowest BCUT2D eigenvalue weighted by Crippen LogP contribution is -2.66. The highest BCUT2D eigenvalue weighted by atomic mass is 16.6. The zero-order valence-corrected chi connectivity index (χ0v) is 18.6. The second-order valence-electron chi connectivity index (χ2n) is 11.4. The van der Waals surface area contributed by atoms with Crippen LogP contribution >= 0.6 is 0 Å². The standard InChI is InChI=1S/C23H35N3O4/c1-14-5-6-17(12-24)26(14)19(27)18(25-20(28)30-21(2,3)4)22-8-15-7-16(9-22)11-23(29,10-15)13-22/h14-18,29H,5-11,13H2,1-4H3,(H,25,28)/t14?,15?,16?,17-,18+,22?,23?/m0/s1. The lowest BCUT2D eigenvalue weighted by Gasteiger charge is -2.62. The van der Waals surface area contributed by atoms with E-state index in [4.69, 9.17) is 4.74 Å². The van der Waals surface area contributed by atoms with E-state index in [1.807, 2.05) is 6.92 Å². The van der Waals surface area contributed by atoms with Crippen LogP contribution in [-0.2, 0) is 9.53 Å². The number of rotatable bonds is 3. The maximum atomic E-state index is 13.9. The summed E-state index contributed by atoms with van der Waals surface area (Å²) < 4.78 is 5.50. The fourth-order valence-corrected chi connectivity index (χ4v) is 7.16. The number of carbonyl (C=O) groups excluding carboxylic acids is 2. The molecule has 4 bridgehead atoms. The Labute approximate surface area is 179 Å². The topological polar surface area (TPSA) is 103 Å². The third-order valence-corrected chi connectivity index (χ3v) is 7.67. The van der Waals surface area contributed by atoms with E-state index in [9.17, 15) is 20.0 Å². The van der Waals surface area contributed by atoms with Crippen LogP contribution in [0.3, 0.4) is 0 Å². The molecule has 5 fully saturated rings. The molecule has 0 aromatic heterocycles. The SMILES string of the molecule is CC1CC[C@@H](C#N)N1C(=O)[C@@H](NC(=O)OC(C)(C)C)C12CC3CC(CC(O)(C3)C1)C2. The van der Waals surface area contributed by atoms with Gasteiger partial charge in [-0.1, -0.05) is 0 Å². The van der Waals surface area contributed by atoms with Crippen LogP contribution < -0.4 is 5.32 Å². The average molecular weight is 418 g/mol. The number of hydrogen-bond donors (Lipinski definition) is 2. The van der Waals surface area contributed by atoms with Gasteiger partial charge in [0, 0.05) is 11.5 Å². The summed E-state index contributed by atoms with van der Waals surface area (Å²) >= 11 is 0. The summed E-state index contributed by atoms with van der Waals surface area (Å²) in [6.07, 6.45) is 5.70. The van der Waals surface area contributed by atoms with E-state index < -0.39 is 34.8 Å². The second-order valence-corrected chi connectivity index (χ2v) is 11.4. The zero-order valence-electron chi connectivity index (χ0n) is 18.6. The van der Waals surface area contributed by atoms with Gasteiger partial charge in [-0.05, 0) is 90.9 Å². The van der Waals surface area contributed by atoms with Crippen molar-refractivity contribution in [1.29, 1.82) is 5.26 Å². The van der Waals surface area contributed by atoms with Crippen molar-refractivity contribution in [2.24, 2.45) is 17.3 Å². The van der Waals surface area contributed by atoms with Crippen LogP contribution in [0.1, 0.15) is 79.1 Å². The minimum absolute atomic E-state index is 0.0397. The molecule has 0 aromatic carbocycles. The number of hydrogen-bond acceptors (Lipinski definition) is 5. The minimum atomic E-state index is -0.777. The summed E-state index contributed by atoms with van der Waals surface area (Å²) in [5, 5.41) is 23.7. The quantitative estimate of drug-likeness (QED) is 0.734. The average Bonchev–Trinajstić information content (AvgIpc) is 2.96. The van der Waals surface area contributed by atoms with Gasteiger partial charge >= 0.3 is 6.09 Å². The second kappa shape index (κ2) is 7.12. The number of nitrogens with zero attached hydrogens (tertiary/aromatic N) is 2. The molecule has 30 heavy (non-hydrogen) atoms. The lowest BCUT2D eigenvalue weighted by molar-refractivity contribution is -0.180. The van der Waals surface area contributed by atoms with Crippen molar-refractivity contribution in [2.75, 3.05) is 0 Å². The summed E-state index contributed by atoms with van der Waals surface area (Å²) in [7, 11) is 0. The third kappa shape index (κ3) is 3.79. The van der Waals surface area contributed by atoms with Gasteiger partial charge in [0.25, 0.3) is 0 Å². The molecule has 1 saturated heterocycles. The molecular formula is C23H35N3O4. The fraction of sp³-hybridized carbons (Fsp3) is 0.870. The summed E-state index contributed by atoms with van der Waals surface area (Å²) in [6.45, 7) is 7.36. The van der Waals surface area contributed by atoms with Crippen molar-refractivity contribution in [2.45, 2.75) is 108 Å². The number of likely N-dealkylation sites (tertiary alicyclic amines) is 1. The number of aliphatic hydroxyl groups is 1. The molecule has 2 amide bonds. The van der Waals surface area contributed by atoms with Crippen LogP contribution in [0, 0.1) is 28.6 Å². The first-order valence-corrected chi connectivity index (χ1v) is 11.4. The Hall–Kier alpha value is -1.81. The highest BCUT2D eigenvalue weighted by Crippen LogP contribution is 2.63. The van der Waals surface area contributed by atoms with E-state index >= 15 is 0 Å². The van der Waals surface area contributed by atoms with Gasteiger partial charge in [0.15, 0.2) is 0 Å². The van der Waals surface area contributed by atoms with Crippen LogP contribution in [0.5, 0.6) is 0 Å². The minimum Gasteiger partial charge on any atom is -0.444 e. The van der Waals surface area contributed by atoms with E-state index in [-0.39, 0.29) is 11.9 Å². The molecular weight excluding hydrogens is 382 g/mol. The molecule has 4 aliphatic carbocycles. The van der Waals surface area contributed by atoms with Crippen LogP contribution in [0.15, 0.2) is 0 Å². The van der Waals surface area contributed by atoms with E-state index in [2.05, 4.69) is 11.4 Å². The Morgan fingerprint density at radius 3 is 2.37 bits per heavy atom. The smallest absolute Gasteiger partial charge is 0.408 e. The first kappa shape index (κ1) is 21.4. The normalized spacial score (nSPS) is 40.7. The summed E-state index contributed by atoms with van der Waals surface area (Å²) in [5.74, 6) is 0.576. The third-order valence-electron chi connectivity index (χ3n) is 7.67. The van der Waals surface area contributed by atoms with Crippen molar-refractivity contribution >= 4 is 12.0 Å². The van der Waals surface area contributed by atoms with Gasteiger partial charge in [-0.2, -0.15) is 5.26 Å². The number of nitrogens with one attached hydrogen (secondary N) is 1. The monoisotopic (exact) mass is 417 g/mol. The van der Waals surface area contributed by atoms with E-state index in [0.29, 0.717) is 24.7 Å². The Balaban J connectivity index is 1.67. The van der Waals surface area contributed by atoms with Gasteiger partial charge in [0.1, 0.15) is 17.7 Å². The molecule has 166 valence electrons. The molecule has 1 aliphatic heterocycles. The van der Waals surface area contributed by atoms with E-state index in [0.717, 1.165) is 38.5 Å². The van der Waals surface area contributed by atoms with Gasteiger partial charge in [-0.25, -0.2) is 4.79 Å². The Morgan fingerprint density at radius 2 is 1.83 bits per heavy atom. The molecule has 5 aliphatic rings. The van der Waals surface area contributed by atoms with Crippen molar-refractivity contribution in [3.05, 3.63) is 0 Å². The van der Waals surface area contributed by atoms with Crippen molar-refractivity contribution < 1.29 is 19.4 Å². The number of carbonyl (C=O) groups is 2. The number of ether oxygens (including phenoxy) is 1. The van der Waals surface area contributed by atoms with E-state index in [1.54, 1.807) is 25.7 Å². The van der Waals surface area contributed by atoms with Gasteiger partial charge < -0.3 is 20.1 Å². The van der Waals surface area contributed by atoms with E-state index in [1.165, 1.54) is 0 Å². The molecule has 0 aromatic rings. The maximum absolute atomic E-state index is 13.9. The number of nitriles is 1. The molecule has 0 spiro atoms. The Morgan fingerprint density at radius 1 is 1.20 bits per heavy atom. The van der Waals surface area contributed by atoms with Gasteiger partial charge in [-0.15, -0.1) is 0 Å². The van der Waals surface area contributed by atoms with Crippen LogP contribution in [0.4, 0.5) is 4.79 Å². The molecule has 5 atom stereocenters. The Bertz CT molecular complexity index is 753. The summed E-state index contributed by atoms with van der Waals surface area (Å²) in [6, 6.07) is 0.983. The van der Waals surface area contributed by atoms with Crippen LogP contribution in [-0.4, -0.2) is 51.3 Å². The lowest BCUT2D eigenvalue weighted by atomic mass is 9.46. The molecule has 4 saturated carbocycles. The fourth-order valence-electron chi connectivity index (χ4n) is 7.16. The first-order chi connectivity index (χ1) is 13.9. The van der Waals surface area contributed by atoms with Crippen molar-refractivity contribution in [3.63, 3.8) is 0 Å². The molecule has 1 heterocycles. The van der Waals surface area contributed by atoms with Crippen LogP contribution in [0.2, 0.25) is 0 Å². The highest BCUT2D eigenvalue weighted by Gasteiger charge is 2.62. The van der Waals surface area contributed by atoms with Gasteiger partial charge in [0.05, 0.1) is 11.7 Å². The predicted octanol–water partition coefficient (Wildman–Crippen LogP) is 3.11. The maximum Gasteiger partial charge on any atom is 0.408 e. The molecule has 0 radical (unpaired) electrons. The van der Waals surface area contributed by atoms with Crippen LogP contribution in [0.25, 0.3) is 0 Å². The molecule has 2 N–H and O–H groups in total. The molecule has 7 nitrogen and oxygen atoms in total. The summed E-state index contributed by atoms with van der Waals surface area (Å²) in [5.41, 5.74) is -1.90.